The molecular weight excluding hydrogens is 493 g/mol. The molecule has 0 spiro atoms. The second kappa shape index (κ2) is 11.0. The lowest BCUT2D eigenvalue weighted by molar-refractivity contribution is -0.139. The lowest BCUT2D eigenvalue weighted by Gasteiger charge is -2.13. The number of anilines is 1. The van der Waals surface area contributed by atoms with Gasteiger partial charge in [0.25, 0.3) is 11.1 Å². The number of imide groups is 1. The van der Waals surface area contributed by atoms with E-state index in [2.05, 4.69) is 0 Å². The Kier molecular flexibility index (Phi) is 8.02. The largest absolute Gasteiger partial charge is 0.490 e. The molecule has 35 heavy (non-hydrogen) atoms. The fraction of sp³-hybridized carbons (Fsp3) is 0.182. The topological polar surface area (TPSA) is 122 Å². The van der Waals surface area contributed by atoms with Crippen molar-refractivity contribution in [3.63, 3.8) is 0 Å². The molecule has 0 atom stereocenters. The average Bonchev–Trinajstić information content (AvgIpc) is 3.06. The van der Waals surface area contributed by atoms with Crippen molar-refractivity contribution in [2.75, 3.05) is 25.1 Å². The number of hydrogen-bond acceptors (Lipinski definition) is 7. The maximum Gasteiger partial charge on any atom is 0.341 e. The third-order valence-corrected chi connectivity index (χ3v) is 5.31. The van der Waals surface area contributed by atoms with E-state index in [9.17, 15) is 32.3 Å². The fourth-order valence-electron chi connectivity index (χ4n) is 2.88. The average molecular weight is 510 g/mol. The third-order valence-electron chi connectivity index (χ3n) is 4.40. The zero-order valence-corrected chi connectivity index (χ0v) is 18.8. The van der Waals surface area contributed by atoms with Crippen molar-refractivity contribution in [2.24, 2.45) is 0 Å². The summed E-state index contributed by atoms with van der Waals surface area (Å²) in [6.45, 7) is 0.578. The summed E-state index contributed by atoms with van der Waals surface area (Å²) in [5, 5.41) is 9.99. The van der Waals surface area contributed by atoms with E-state index in [0.29, 0.717) is 28.3 Å². The monoisotopic (exact) mass is 510 g/mol. The fourth-order valence-corrected chi connectivity index (χ4v) is 3.72. The summed E-state index contributed by atoms with van der Waals surface area (Å²) in [7, 11) is 0. The molecule has 3 rings (SSSR count). The highest BCUT2D eigenvalue weighted by Gasteiger charge is 2.36. The van der Waals surface area contributed by atoms with Gasteiger partial charge in [0.15, 0.2) is 35.6 Å². The summed E-state index contributed by atoms with van der Waals surface area (Å²) >= 11 is 0.555. The molecule has 1 aliphatic rings. The Bertz CT molecular complexity index is 1240. The number of carbonyl (C=O) groups excluding carboxylic acids is 3. The molecule has 1 fully saturated rings. The van der Waals surface area contributed by atoms with Crippen LogP contribution in [-0.4, -0.2) is 52.8 Å². The Labute approximate surface area is 200 Å². The van der Waals surface area contributed by atoms with E-state index in [1.807, 2.05) is 5.32 Å². The molecule has 2 aromatic rings. The Morgan fingerprint density at radius 3 is 2.51 bits per heavy atom. The van der Waals surface area contributed by atoms with Crippen LogP contribution in [0.15, 0.2) is 35.2 Å². The van der Waals surface area contributed by atoms with Crippen molar-refractivity contribution in [1.82, 2.24) is 4.90 Å². The first-order valence-electron chi connectivity index (χ1n) is 9.90. The molecule has 0 aromatic heterocycles. The summed E-state index contributed by atoms with van der Waals surface area (Å²) in [4.78, 5) is 48.4. The molecule has 1 saturated heterocycles. The van der Waals surface area contributed by atoms with Crippen LogP contribution in [0.25, 0.3) is 6.08 Å². The van der Waals surface area contributed by atoms with Crippen LogP contribution in [0.3, 0.4) is 0 Å². The number of thioether (sulfide) groups is 1. The number of carbonyl (C=O) groups is 4. The first kappa shape index (κ1) is 25.6. The molecule has 184 valence electrons. The number of rotatable bonds is 9. The number of nitrogens with zero attached hydrogens (tertiary/aromatic N) is 1. The lowest BCUT2D eigenvalue weighted by atomic mass is 10.2. The van der Waals surface area contributed by atoms with Crippen LogP contribution in [0, 0.1) is 17.5 Å². The van der Waals surface area contributed by atoms with Crippen molar-refractivity contribution in [3.05, 3.63) is 58.3 Å². The van der Waals surface area contributed by atoms with Crippen molar-refractivity contribution < 1.29 is 46.9 Å². The number of carboxylic acid groups (broad SMARTS) is 1. The van der Waals surface area contributed by atoms with Crippen molar-refractivity contribution in [1.29, 1.82) is 0 Å². The third kappa shape index (κ3) is 6.12. The van der Waals surface area contributed by atoms with Gasteiger partial charge in [-0.3, -0.25) is 19.3 Å². The highest BCUT2D eigenvalue weighted by Crippen LogP contribution is 2.34. The molecule has 9 nitrogen and oxygen atoms in total. The molecule has 0 unspecified atom stereocenters. The van der Waals surface area contributed by atoms with Gasteiger partial charge in [0.1, 0.15) is 6.54 Å². The van der Waals surface area contributed by atoms with Crippen LogP contribution >= 0.6 is 11.8 Å². The van der Waals surface area contributed by atoms with Gasteiger partial charge < -0.3 is 19.9 Å². The van der Waals surface area contributed by atoms with E-state index < -0.39 is 59.3 Å². The van der Waals surface area contributed by atoms with Gasteiger partial charge in [-0.2, -0.15) is 0 Å². The first-order valence-corrected chi connectivity index (χ1v) is 10.7. The summed E-state index contributed by atoms with van der Waals surface area (Å²) < 4.78 is 50.7. The first-order chi connectivity index (χ1) is 16.6. The maximum atomic E-state index is 13.8. The van der Waals surface area contributed by atoms with Gasteiger partial charge in [-0.05, 0) is 54.6 Å². The second-order valence-corrected chi connectivity index (χ2v) is 7.85. The molecule has 0 bridgehead atoms. The molecular formula is C22H17F3N2O7S. The molecule has 2 aromatic carbocycles. The summed E-state index contributed by atoms with van der Waals surface area (Å²) in [6, 6.07) is 5.85. The van der Waals surface area contributed by atoms with E-state index in [-0.39, 0.29) is 23.0 Å². The Balaban J connectivity index is 1.73. The van der Waals surface area contributed by atoms with Gasteiger partial charge in [0.2, 0.25) is 5.91 Å². The Hall–Kier alpha value is -4.00. The zero-order valence-electron chi connectivity index (χ0n) is 18.0. The van der Waals surface area contributed by atoms with E-state index in [0.717, 1.165) is 6.07 Å². The quantitative estimate of drug-likeness (QED) is 0.387. The molecule has 3 amide bonds. The Morgan fingerprint density at radius 2 is 1.83 bits per heavy atom. The normalized spacial score (nSPS) is 14.4. The summed E-state index contributed by atoms with van der Waals surface area (Å²) in [5.74, 6) is -7.43. The molecule has 0 radical (unpaired) electrons. The molecule has 0 aliphatic carbocycles. The van der Waals surface area contributed by atoms with Crippen LogP contribution in [0.4, 0.5) is 23.7 Å². The number of hydrogen-bond donors (Lipinski definition) is 2. The highest BCUT2D eigenvalue weighted by molar-refractivity contribution is 8.18. The smallest absolute Gasteiger partial charge is 0.341 e. The SMILES string of the molecule is CCOc1cc(/C=C2/SC(=O)N(CC(=O)Nc3ccc(F)c(F)c3F)C2=O)ccc1OCC(=O)O. The minimum Gasteiger partial charge on any atom is -0.490 e. The maximum absolute atomic E-state index is 13.8. The number of aliphatic carboxylic acids is 1. The summed E-state index contributed by atoms with van der Waals surface area (Å²) in [5.41, 5.74) is -0.222. The molecule has 0 saturated carbocycles. The minimum absolute atomic E-state index is 0.0246. The second-order valence-electron chi connectivity index (χ2n) is 6.86. The molecule has 2 N–H and O–H groups in total. The zero-order chi connectivity index (χ0) is 25.7. The van der Waals surface area contributed by atoms with Crippen molar-refractivity contribution >= 4 is 46.5 Å². The molecule has 1 aliphatic heterocycles. The van der Waals surface area contributed by atoms with Crippen LogP contribution in [-0.2, 0) is 14.4 Å². The highest BCUT2D eigenvalue weighted by atomic mass is 32.2. The number of nitrogens with one attached hydrogen (secondary N) is 1. The van der Waals surface area contributed by atoms with Crippen LogP contribution in [0.2, 0.25) is 0 Å². The van der Waals surface area contributed by atoms with Gasteiger partial charge >= 0.3 is 5.97 Å². The number of benzene rings is 2. The van der Waals surface area contributed by atoms with E-state index >= 15 is 0 Å². The van der Waals surface area contributed by atoms with Crippen molar-refractivity contribution in [3.8, 4) is 11.5 Å². The van der Waals surface area contributed by atoms with Gasteiger partial charge in [0.05, 0.1) is 17.2 Å². The van der Waals surface area contributed by atoms with Gasteiger partial charge in [-0.1, -0.05) is 6.07 Å². The number of ether oxygens (including phenoxy) is 2. The standard InChI is InChI=1S/C22H17F3N2O7S/c1-2-33-15-7-11(3-6-14(15)34-10-18(29)30)8-16-21(31)27(22(32)35-16)9-17(28)26-13-5-4-12(23)19(24)20(13)25/h3-8H,2,9-10H2,1H3,(H,26,28)(H,29,30)/b16-8+. The van der Waals surface area contributed by atoms with E-state index in [1.54, 1.807) is 6.92 Å². The molecule has 1 heterocycles. The van der Waals surface area contributed by atoms with Crippen molar-refractivity contribution in [2.45, 2.75) is 6.92 Å². The van der Waals surface area contributed by atoms with Crippen LogP contribution in [0.5, 0.6) is 11.5 Å². The number of amides is 3. The van der Waals surface area contributed by atoms with Gasteiger partial charge in [0, 0.05) is 0 Å². The molecule has 13 heteroatoms. The van der Waals surface area contributed by atoms with Gasteiger partial charge in [-0.25, -0.2) is 18.0 Å². The minimum atomic E-state index is -1.78. The predicted molar refractivity (Wildman–Crippen MR) is 118 cm³/mol. The van der Waals surface area contributed by atoms with E-state index in [1.165, 1.54) is 24.3 Å². The van der Waals surface area contributed by atoms with Crippen LogP contribution < -0.4 is 14.8 Å². The van der Waals surface area contributed by atoms with Gasteiger partial charge in [-0.15, -0.1) is 0 Å². The van der Waals surface area contributed by atoms with E-state index in [4.69, 9.17) is 14.6 Å². The summed E-state index contributed by atoms with van der Waals surface area (Å²) in [6.07, 6.45) is 1.36. The lowest BCUT2D eigenvalue weighted by Crippen LogP contribution is -2.36. The Morgan fingerprint density at radius 1 is 1.09 bits per heavy atom. The number of carboxylic acids is 1. The predicted octanol–water partition coefficient (Wildman–Crippen LogP) is 3.64. The number of halogens is 3. The van der Waals surface area contributed by atoms with Crippen LogP contribution in [0.1, 0.15) is 12.5 Å².